The summed E-state index contributed by atoms with van der Waals surface area (Å²) in [6, 6.07) is -0.547. The zero-order valence-corrected chi connectivity index (χ0v) is 21.7. The first-order chi connectivity index (χ1) is 15.4. The smallest absolute Gasteiger partial charge is 0.244 e. The van der Waals surface area contributed by atoms with Gasteiger partial charge in [-0.25, -0.2) is 0 Å². The molecule has 0 aliphatic carbocycles. The van der Waals surface area contributed by atoms with Crippen molar-refractivity contribution >= 4 is 45.4 Å². The number of unbranched alkanes of at least 4 members (excludes halogenated alkanes) is 4. The van der Waals surface area contributed by atoms with Crippen LogP contribution in [0.3, 0.4) is 0 Å². The van der Waals surface area contributed by atoms with Crippen molar-refractivity contribution in [3.8, 4) is 0 Å². The number of aliphatic hydroxyl groups is 1. The van der Waals surface area contributed by atoms with Gasteiger partial charge in [0.2, 0.25) is 17.7 Å². The fourth-order valence-corrected chi connectivity index (χ4v) is 9.20. The topological polar surface area (TPSA) is 98.7 Å². The predicted molar refractivity (Wildman–Crippen MR) is 131 cm³/mol. The van der Waals surface area contributed by atoms with Gasteiger partial charge in [-0.3, -0.25) is 14.4 Å². The number of rotatable bonds is 13. The summed E-state index contributed by atoms with van der Waals surface area (Å²) >= 11 is 5.46. The lowest BCUT2D eigenvalue weighted by atomic mass is 9.70. The first kappa shape index (κ1) is 25.8. The number of nitrogens with zero attached hydrogens (tertiary/aromatic N) is 1. The molecular formula is C23H38BrN3O4S. The number of amides is 3. The molecule has 6 atom stereocenters. The summed E-state index contributed by atoms with van der Waals surface area (Å²) in [5, 5.41) is 15.2. The van der Waals surface area contributed by atoms with Crippen molar-refractivity contribution in [1.82, 2.24) is 15.5 Å². The third kappa shape index (κ3) is 4.85. The molecule has 3 fully saturated rings. The lowest BCUT2D eigenvalue weighted by Gasteiger charge is -2.35. The molecule has 3 aliphatic rings. The van der Waals surface area contributed by atoms with E-state index in [1.54, 1.807) is 16.7 Å². The zero-order valence-electron chi connectivity index (χ0n) is 19.3. The van der Waals surface area contributed by atoms with Crippen molar-refractivity contribution in [1.29, 1.82) is 0 Å². The number of alkyl halides is 1. The van der Waals surface area contributed by atoms with Crippen LogP contribution < -0.4 is 10.6 Å². The highest BCUT2D eigenvalue weighted by Crippen LogP contribution is 2.67. The highest BCUT2D eigenvalue weighted by atomic mass is 79.9. The number of hydrogen-bond acceptors (Lipinski definition) is 5. The van der Waals surface area contributed by atoms with Gasteiger partial charge in [-0.1, -0.05) is 42.6 Å². The second-order valence-corrected chi connectivity index (χ2v) is 12.0. The van der Waals surface area contributed by atoms with Gasteiger partial charge in [-0.05, 0) is 38.5 Å². The van der Waals surface area contributed by atoms with Crippen LogP contribution in [0.25, 0.3) is 0 Å². The van der Waals surface area contributed by atoms with E-state index in [1.165, 1.54) is 0 Å². The molecule has 0 aromatic heterocycles. The summed E-state index contributed by atoms with van der Waals surface area (Å²) in [6.45, 7) is 5.97. The maximum absolute atomic E-state index is 13.7. The molecule has 3 rings (SSSR count). The molecule has 3 N–H and O–H groups in total. The lowest BCUT2D eigenvalue weighted by molar-refractivity contribution is -0.140. The number of fused-ring (bicyclic) bond motifs is 1. The molecule has 7 nitrogen and oxygen atoms in total. The maximum atomic E-state index is 13.7. The van der Waals surface area contributed by atoms with Crippen LogP contribution in [0.5, 0.6) is 0 Å². The Balaban J connectivity index is 1.85. The van der Waals surface area contributed by atoms with Crippen LogP contribution in [-0.4, -0.2) is 74.8 Å². The van der Waals surface area contributed by atoms with Crippen molar-refractivity contribution in [2.45, 2.75) is 86.1 Å². The molecule has 0 saturated carbocycles. The third-order valence-corrected chi connectivity index (χ3v) is 10.2. The minimum atomic E-state index is -0.560. The molecule has 1 spiro atoms. The van der Waals surface area contributed by atoms with E-state index in [4.69, 9.17) is 5.11 Å². The Morgan fingerprint density at radius 1 is 1.09 bits per heavy atom. The molecule has 3 amide bonds. The SMILES string of the molecule is CCCCCNC(=O)C1N(CCCCCO)C(=O)[C@@H]2[C@H](C(=O)NCCC)[C@H]3SC12CC3Br. The van der Waals surface area contributed by atoms with Crippen molar-refractivity contribution < 1.29 is 19.5 Å². The largest absolute Gasteiger partial charge is 0.396 e. The van der Waals surface area contributed by atoms with E-state index in [2.05, 4.69) is 33.5 Å². The Labute approximate surface area is 204 Å². The fraction of sp³-hybridized carbons (Fsp3) is 0.870. The summed E-state index contributed by atoms with van der Waals surface area (Å²) in [6.07, 6.45) is 6.86. The second-order valence-electron chi connectivity index (χ2n) is 9.27. The van der Waals surface area contributed by atoms with Crippen LogP contribution in [0.1, 0.15) is 65.2 Å². The minimum Gasteiger partial charge on any atom is -0.396 e. The van der Waals surface area contributed by atoms with Gasteiger partial charge in [0.1, 0.15) is 6.04 Å². The van der Waals surface area contributed by atoms with Crippen LogP contribution in [0.2, 0.25) is 0 Å². The van der Waals surface area contributed by atoms with Gasteiger partial charge in [-0.2, -0.15) is 0 Å². The number of thioether (sulfide) groups is 1. The maximum Gasteiger partial charge on any atom is 0.244 e. The molecule has 0 radical (unpaired) electrons. The first-order valence-corrected chi connectivity index (χ1v) is 14.0. The Bertz CT molecular complexity index is 696. The standard InChI is InChI=1S/C23H38BrN3O4S/c1-3-5-7-11-26-21(30)19-23-14-15(24)18(32-23)16(20(29)25-10-4-2)17(23)22(31)27(19)12-8-6-9-13-28/h15-19,28H,3-14H2,1-2H3,(H,25,29)(H,26,30)/t15?,16-,17-,18-,19?,23?/m0/s1. The summed E-state index contributed by atoms with van der Waals surface area (Å²) < 4.78 is -0.560. The van der Waals surface area contributed by atoms with E-state index in [0.717, 1.165) is 44.9 Å². The Morgan fingerprint density at radius 3 is 2.53 bits per heavy atom. The van der Waals surface area contributed by atoms with Crippen molar-refractivity contribution in [2.75, 3.05) is 26.2 Å². The van der Waals surface area contributed by atoms with E-state index in [9.17, 15) is 14.4 Å². The average Bonchev–Trinajstić information content (AvgIpc) is 3.36. The van der Waals surface area contributed by atoms with E-state index in [-0.39, 0.29) is 34.4 Å². The fourth-order valence-electron chi connectivity index (χ4n) is 5.59. The first-order valence-electron chi connectivity index (χ1n) is 12.2. The van der Waals surface area contributed by atoms with Gasteiger partial charge >= 0.3 is 0 Å². The summed E-state index contributed by atoms with van der Waals surface area (Å²) in [5.41, 5.74) is 0. The summed E-state index contributed by atoms with van der Waals surface area (Å²) in [7, 11) is 0. The lowest BCUT2D eigenvalue weighted by Crippen LogP contribution is -2.55. The Hall–Kier alpha value is -0.800. The molecule has 0 aromatic rings. The average molecular weight is 533 g/mol. The highest BCUT2D eigenvalue weighted by molar-refractivity contribution is 9.09. The van der Waals surface area contributed by atoms with Crippen LogP contribution in [0.15, 0.2) is 0 Å². The number of carbonyl (C=O) groups is 3. The van der Waals surface area contributed by atoms with Gasteiger partial charge in [0.15, 0.2) is 0 Å². The van der Waals surface area contributed by atoms with Gasteiger partial charge in [0.25, 0.3) is 0 Å². The highest BCUT2D eigenvalue weighted by Gasteiger charge is 2.75. The number of aliphatic hydroxyl groups excluding tert-OH is 1. The number of likely N-dealkylation sites (tertiary alicyclic amines) is 1. The third-order valence-electron chi connectivity index (χ3n) is 7.03. The molecule has 3 unspecified atom stereocenters. The molecule has 32 heavy (non-hydrogen) atoms. The summed E-state index contributed by atoms with van der Waals surface area (Å²) in [4.78, 5) is 42.1. The van der Waals surface area contributed by atoms with E-state index < -0.39 is 22.6 Å². The van der Waals surface area contributed by atoms with Crippen LogP contribution in [-0.2, 0) is 14.4 Å². The molecule has 3 saturated heterocycles. The van der Waals surface area contributed by atoms with Gasteiger partial charge in [0, 0.05) is 36.3 Å². The van der Waals surface area contributed by atoms with E-state index >= 15 is 0 Å². The number of halogens is 1. The molecule has 2 bridgehead atoms. The van der Waals surface area contributed by atoms with Crippen LogP contribution in [0, 0.1) is 11.8 Å². The second kappa shape index (κ2) is 11.6. The van der Waals surface area contributed by atoms with Crippen molar-refractivity contribution in [3.63, 3.8) is 0 Å². The monoisotopic (exact) mass is 531 g/mol. The van der Waals surface area contributed by atoms with Gasteiger partial charge in [0.05, 0.1) is 16.6 Å². The normalized spacial score (nSPS) is 32.9. The number of carbonyl (C=O) groups excluding carboxylic acids is 3. The molecule has 0 aromatic carbocycles. The van der Waals surface area contributed by atoms with Gasteiger partial charge < -0.3 is 20.6 Å². The number of nitrogens with one attached hydrogen (secondary N) is 2. The van der Waals surface area contributed by atoms with E-state index in [0.29, 0.717) is 26.1 Å². The van der Waals surface area contributed by atoms with Gasteiger partial charge in [-0.15, -0.1) is 11.8 Å². The Kier molecular flexibility index (Phi) is 9.32. The van der Waals surface area contributed by atoms with Crippen molar-refractivity contribution in [3.05, 3.63) is 0 Å². The predicted octanol–water partition coefficient (Wildman–Crippen LogP) is 2.45. The minimum absolute atomic E-state index is 0.00716. The Morgan fingerprint density at radius 2 is 1.84 bits per heavy atom. The summed E-state index contributed by atoms with van der Waals surface area (Å²) in [5.74, 6) is -1.05. The van der Waals surface area contributed by atoms with Crippen LogP contribution >= 0.6 is 27.7 Å². The molecule has 182 valence electrons. The number of hydrogen-bond donors (Lipinski definition) is 3. The zero-order chi connectivity index (χ0) is 23.3. The molecular weight excluding hydrogens is 494 g/mol. The molecule has 3 heterocycles. The molecule has 9 heteroatoms. The van der Waals surface area contributed by atoms with E-state index in [1.807, 2.05) is 6.92 Å². The van der Waals surface area contributed by atoms with Crippen molar-refractivity contribution in [2.24, 2.45) is 11.8 Å². The van der Waals surface area contributed by atoms with Crippen LogP contribution in [0.4, 0.5) is 0 Å². The molecule has 3 aliphatic heterocycles. The quantitative estimate of drug-likeness (QED) is 0.250.